The van der Waals surface area contributed by atoms with Crippen LogP contribution in [0.4, 0.5) is 0 Å². The van der Waals surface area contributed by atoms with E-state index >= 15 is 0 Å². The van der Waals surface area contributed by atoms with Gasteiger partial charge < -0.3 is 0 Å². The molecule has 0 saturated carbocycles. The van der Waals surface area contributed by atoms with Gasteiger partial charge in [0.15, 0.2) is 0 Å². The molecule has 1 aliphatic heterocycles. The summed E-state index contributed by atoms with van der Waals surface area (Å²) in [5.74, 6) is 0.803. The standard InChI is InChI=1S/2C22H25.C12H9Si.2ClH.Hf/c2*1-4-5-9-17-14-18-10-8-13-21(22(18)15-17)20-12-7-6-11-19(20)16(2)3;1-3-7-11-9(5-1)10-6-2-4-8-12(10)13-11;;;/h2*6-8,10-16H,4-5,9H2,1-3H3;1-7H,13H2;2*1H;/q;;;;;+2/p-2. The maximum absolute atomic E-state index is 9.45. The number of halogens is 2. The van der Waals surface area contributed by atoms with Crippen LogP contribution in [0.25, 0.3) is 45.5 Å². The normalized spacial score (nSPS) is 17.6. The first kappa shape index (κ1) is 41.8. The van der Waals surface area contributed by atoms with Gasteiger partial charge in [0.25, 0.3) is 0 Å². The van der Waals surface area contributed by atoms with Crippen molar-refractivity contribution < 1.29 is 16.1 Å². The number of benzene rings is 6. The van der Waals surface area contributed by atoms with Gasteiger partial charge in [-0.05, 0) is 0 Å². The van der Waals surface area contributed by atoms with E-state index in [1.54, 1.807) is 0 Å². The molecule has 0 saturated heterocycles. The van der Waals surface area contributed by atoms with Crippen molar-refractivity contribution in [3.8, 4) is 33.4 Å². The molecule has 4 heteroatoms. The van der Waals surface area contributed by atoms with Crippen molar-refractivity contribution in [2.75, 3.05) is 0 Å². The average molecular weight is 1010 g/mol. The van der Waals surface area contributed by atoms with E-state index in [0.717, 1.165) is 38.5 Å². The molecule has 9 rings (SSSR count). The van der Waals surface area contributed by atoms with Crippen LogP contribution in [0.5, 0.6) is 0 Å². The molecule has 2 unspecified atom stereocenters. The first-order valence-electron chi connectivity index (χ1n) is 22.7. The number of hydrogen-bond acceptors (Lipinski definition) is 0. The molecule has 0 N–H and O–H groups in total. The van der Waals surface area contributed by atoms with Crippen molar-refractivity contribution in [3.63, 3.8) is 0 Å². The fraction of sp³-hybridized carbons (Fsp3) is 0.286. The fourth-order valence-electron chi connectivity index (χ4n) is 11.4. The Morgan fingerprint density at radius 2 is 0.933 bits per heavy atom. The van der Waals surface area contributed by atoms with Gasteiger partial charge in [-0.3, -0.25) is 0 Å². The Kier molecular flexibility index (Phi) is 11.6. The summed E-state index contributed by atoms with van der Waals surface area (Å²) in [5.41, 5.74) is 19.0. The molecule has 2 aliphatic carbocycles. The quantitative estimate of drug-likeness (QED) is 0.101. The minimum absolute atomic E-state index is 0.0603. The first-order chi connectivity index (χ1) is 29.1. The molecule has 0 spiro atoms. The van der Waals surface area contributed by atoms with Crippen molar-refractivity contribution >= 4 is 52.5 Å². The molecule has 1 heterocycles. The van der Waals surface area contributed by atoms with Crippen molar-refractivity contribution in [1.29, 1.82) is 0 Å². The number of rotatable bonds is 13. The monoisotopic (exact) mass is 1010 g/mol. The molecular formula is C56H59Cl2HfSi. The van der Waals surface area contributed by atoms with E-state index in [2.05, 4.69) is 181 Å². The van der Waals surface area contributed by atoms with Crippen LogP contribution in [0.1, 0.15) is 133 Å². The van der Waals surface area contributed by atoms with Gasteiger partial charge in [0.05, 0.1) is 0 Å². The molecule has 305 valence electrons. The summed E-state index contributed by atoms with van der Waals surface area (Å²) >= 11 is -5.82. The van der Waals surface area contributed by atoms with Gasteiger partial charge in [0, 0.05) is 0 Å². The Morgan fingerprint density at radius 3 is 1.43 bits per heavy atom. The molecule has 0 aromatic heterocycles. The van der Waals surface area contributed by atoms with Crippen molar-refractivity contribution in [3.05, 3.63) is 172 Å². The number of unbranched alkanes of at least 4 members (excludes halogenated alkanes) is 2. The van der Waals surface area contributed by atoms with Crippen LogP contribution in [0, 0.1) is 0 Å². The Bertz CT molecular complexity index is 2550. The second kappa shape index (κ2) is 16.6. The van der Waals surface area contributed by atoms with Crippen LogP contribution in [0.3, 0.4) is 0 Å². The first-order valence-corrected chi connectivity index (χ1v) is 39.0. The minimum atomic E-state index is -5.82. The average Bonchev–Trinajstić information content (AvgIpc) is 3.97. The Hall–Kier alpha value is -3.53. The second-order valence-electron chi connectivity index (χ2n) is 18.4. The third-order valence-electron chi connectivity index (χ3n) is 14.1. The Morgan fingerprint density at radius 1 is 0.500 bits per heavy atom. The second-order valence-corrected chi connectivity index (χ2v) is 49.5. The fourth-order valence-corrected chi connectivity index (χ4v) is 50.5. The van der Waals surface area contributed by atoms with Gasteiger partial charge in [-0.2, -0.15) is 0 Å². The summed E-state index contributed by atoms with van der Waals surface area (Å²) in [7, 11) is 18.0. The van der Waals surface area contributed by atoms with E-state index in [1.807, 2.05) is 0 Å². The third-order valence-corrected chi connectivity index (χ3v) is 45.9. The molecule has 0 amide bonds. The third kappa shape index (κ3) is 6.79. The van der Waals surface area contributed by atoms with E-state index in [4.69, 9.17) is 0 Å². The van der Waals surface area contributed by atoms with Crippen LogP contribution >= 0.6 is 17.2 Å². The topological polar surface area (TPSA) is 0 Å². The number of fused-ring (bicyclic) bond motifs is 5. The summed E-state index contributed by atoms with van der Waals surface area (Å²) in [6, 6.07) is 48.4. The summed E-state index contributed by atoms with van der Waals surface area (Å²) in [6.07, 6.45) is 11.6. The molecular weight excluding hydrogens is 950 g/mol. The zero-order valence-electron chi connectivity index (χ0n) is 36.3. The van der Waals surface area contributed by atoms with Crippen LogP contribution in [-0.2, 0) is 16.1 Å². The maximum atomic E-state index is 9.45. The van der Waals surface area contributed by atoms with Crippen molar-refractivity contribution in [1.82, 2.24) is 0 Å². The number of allylic oxidation sites excluding steroid dienone is 2. The zero-order valence-corrected chi connectivity index (χ0v) is 42.8. The molecule has 6 aromatic carbocycles. The predicted octanol–water partition coefficient (Wildman–Crippen LogP) is 14.6. The van der Waals surface area contributed by atoms with Crippen LogP contribution in [0.2, 0.25) is 0 Å². The van der Waals surface area contributed by atoms with Gasteiger partial charge in [0.2, 0.25) is 0 Å². The number of hydrogen-bond donors (Lipinski definition) is 0. The molecule has 6 aromatic rings. The molecule has 0 radical (unpaired) electrons. The van der Waals surface area contributed by atoms with E-state index < -0.39 is 25.7 Å². The molecule has 0 fully saturated rings. The van der Waals surface area contributed by atoms with Crippen molar-refractivity contribution in [2.45, 2.75) is 99.3 Å². The van der Waals surface area contributed by atoms with Gasteiger partial charge in [-0.15, -0.1) is 0 Å². The summed E-state index contributed by atoms with van der Waals surface area (Å²) in [4.78, 5) is 0. The van der Waals surface area contributed by atoms with Crippen LogP contribution in [0.15, 0.2) is 139 Å². The van der Waals surface area contributed by atoms with E-state index in [-0.39, 0.29) is 7.35 Å². The van der Waals surface area contributed by atoms with E-state index in [1.165, 1.54) is 91.6 Å². The summed E-state index contributed by atoms with van der Waals surface area (Å²) in [5, 5.41) is 3.00. The Balaban J connectivity index is 1.37. The summed E-state index contributed by atoms with van der Waals surface area (Å²) < 4.78 is 1.21. The molecule has 0 nitrogen and oxygen atoms in total. The van der Waals surface area contributed by atoms with Gasteiger partial charge >= 0.3 is 373 Å². The van der Waals surface area contributed by atoms with Crippen LogP contribution < -0.4 is 13.7 Å². The van der Waals surface area contributed by atoms with E-state index in [0.29, 0.717) is 11.8 Å². The molecule has 2 atom stereocenters. The Labute approximate surface area is 370 Å². The molecule has 0 bridgehead atoms. The molecule has 3 aliphatic rings. The van der Waals surface area contributed by atoms with E-state index in [9.17, 15) is 17.2 Å². The van der Waals surface area contributed by atoms with Gasteiger partial charge in [0.1, 0.15) is 0 Å². The van der Waals surface area contributed by atoms with Crippen molar-refractivity contribution in [2.24, 2.45) is 0 Å². The van der Waals surface area contributed by atoms with Gasteiger partial charge in [-0.1, -0.05) is 0 Å². The molecule has 60 heavy (non-hydrogen) atoms. The predicted molar refractivity (Wildman–Crippen MR) is 263 cm³/mol. The summed E-state index contributed by atoms with van der Waals surface area (Å²) in [6.45, 7) is 13.9. The zero-order chi connectivity index (χ0) is 41.8. The van der Waals surface area contributed by atoms with Gasteiger partial charge in [-0.25, -0.2) is 0 Å². The SMILES string of the molecule is CCCCC1=Cc2c(-c3ccccc3C(C)C)cccc2[CH]1[Hf]([Cl])([Cl])([c]1cccc2c1[SiH2]c1ccccc1-2)[CH]1C(CCCC)=Cc2c(-c3ccccc3C(C)C)cccc21. The van der Waals surface area contributed by atoms with Crippen LogP contribution in [-0.4, -0.2) is 9.52 Å².